The second-order valence-electron chi connectivity index (χ2n) is 3.90. The van der Waals surface area contributed by atoms with Crippen LogP contribution in [0, 0.1) is 0 Å². The lowest BCUT2D eigenvalue weighted by Gasteiger charge is -2.21. The lowest BCUT2D eigenvalue weighted by molar-refractivity contribution is -0.120. The van der Waals surface area contributed by atoms with Gasteiger partial charge >= 0.3 is 0 Å². The van der Waals surface area contributed by atoms with Gasteiger partial charge in [-0.05, 0) is 25.5 Å². The average Bonchev–Trinajstić information content (AvgIpc) is 2.26. The summed E-state index contributed by atoms with van der Waals surface area (Å²) < 4.78 is 0. The summed E-state index contributed by atoms with van der Waals surface area (Å²) in [7, 11) is 0. The Morgan fingerprint density at radius 3 is 3.00 bits per heavy atom. The van der Waals surface area contributed by atoms with Gasteiger partial charge in [-0.2, -0.15) is 11.8 Å². The van der Waals surface area contributed by atoms with Crippen molar-refractivity contribution in [2.45, 2.75) is 37.9 Å². The number of carbonyl (C=O) groups excluding carboxylic acids is 1. The standard InChI is InChI=1S/C11H22N2OS/c1-2-13-11(14)6-7-12-9-10-5-3-4-8-15-10/h10,12H,2-9H2,1H3,(H,13,14). The molecule has 1 saturated heterocycles. The van der Waals surface area contributed by atoms with Crippen LogP contribution in [-0.4, -0.2) is 36.5 Å². The van der Waals surface area contributed by atoms with Gasteiger partial charge in [-0.25, -0.2) is 0 Å². The van der Waals surface area contributed by atoms with Gasteiger partial charge in [-0.1, -0.05) is 6.42 Å². The molecule has 0 bridgehead atoms. The molecule has 0 aliphatic carbocycles. The van der Waals surface area contributed by atoms with Gasteiger partial charge in [-0.3, -0.25) is 4.79 Å². The molecule has 15 heavy (non-hydrogen) atoms. The van der Waals surface area contributed by atoms with E-state index in [0.717, 1.165) is 24.9 Å². The number of hydrogen-bond acceptors (Lipinski definition) is 3. The molecule has 1 aliphatic heterocycles. The monoisotopic (exact) mass is 230 g/mol. The smallest absolute Gasteiger partial charge is 0.221 e. The van der Waals surface area contributed by atoms with Crippen LogP contribution in [0.4, 0.5) is 0 Å². The first kappa shape index (κ1) is 12.8. The van der Waals surface area contributed by atoms with Crippen molar-refractivity contribution in [1.29, 1.82) is 0 Å². The predicted molar refractivity (Wildman–Crippen MR) is 66.3 cm³/mol. The second-order valence-corrected chi connectivity index (χ2v) is 5.30. The van der Waals surface area contributed by atoms with Crippen LogP contribution in [-0.2, 0) is 4.79 Å². The van der Waals surface area contributed by atoms with Gasteiger partial charge < -0.3 is 10.6 Å². The molecule has 0 radical (unpaired) electrons. The summed E-state index contributed by atoms with van der Waals surface area (Å²) >= 11 is 2.07. The van der Waals surface area contributed by atoms with Crippen LogP contribution in [0.3, 0.4) is 0 Å². The molecule has 0 aromatic heterocycles. The highest BCUT2D eigenvalue weighted by molar-refractivity contribution is 7.99. The molecule has 1 fully saturated rings. The molecular weight excluding hydrogens is 208 g/mol. The number of thioether (sulfide) groups is 1. The molecule has 2 N–H and O–H groups in total. The fourth-order valence-electron chi connectivity index (χ4n) is 1.72. The van der Waals surface area contributed by atoms with E-state index in [0.29, 0.717) is 6.42 Å². The van der Waals surface area contributed by atoms with Crippen LogP contribution in [0.2, 0.25) is 0 Å². The van der Waals surface area contributed by atoms with Gasteiger partial charge in [0.1, 0.15) is 0 Å². The fourth-order valence-corrected chi connectivity index (χ4v) is 2.99. The van der Waals surface area contributed by atoms with Crippen molar-refractivity contribution < 1.29 is 4.79 Å². The van der Waals surface area contributed by atoms with Gasteiger partial charge in [-0.15, -0.1) is 0 Å². The van der Waals surface area contributed by atoms with E-state index in [1.54, 1.807) is 0 Å². The summed E-state index contributed by atoms with van der Waals surface area (Å²) in [5.74, 6) is 1.46. The molecule has 1 rings (SSSR count). The minimum atomic E-state index is 0.154. The Morgan fingerprint density at radius 1 is 1.47 bits per heavy atom. The zero-order chi connectivity index (χ0) is 10.9. The van der Waals surface area contributed by atoms with Crippen molar-refractivity contribution in [1.82, 2.24) is 10.6 Å². The van der Waals surface area contributed by atoms with Crippen molar-refractivity contribution in [2.75, 3.05) is 25.4 Å². The normalized spacial score (nSPS) is 21.3. The third-order valence-corrected chi connectivity index (χ3v) is 3.95. The minimum Gasteiger partial charge on any atom is -0.356 e. The Hall–Kier alpha value is -0.220. The molecule has 0 aromatic rings. The van der Waals surface area contributed by atoms with Gasteiger partial charge in [0, 0.05) is 31.3 Å². The lowest BCUT2D eigenvalue weighted by Crippen LogP contribution is -2.31. The number of amides is 1. The Bertz CT molecular complexity index is 181. The SMILES string of the molecule is CCNC(=O)CCNCC1CCCCS1. The quantitative estimate of drug-likeness (QED) is 0.678. The molecule has 88 valence electrons. The van der Waals surface area contributed by atoms with E-state index in [4.69, 9.17) is 0 Å². The van der Waals surface area contributed by atoms with Crippen LogP contribution < -0.4 is 10.6 Å². The first-order valence-corrected chi connectivity index (χ1v) is 6.97. The van der Waals surface area contributed by atoms with Crippen molar-refractivity contribution in [2.24, 2.45) is 0 Å². The van der Waals surface area contributed by atoms with Crippen molar-refractivity contribution >= 4 is 17.7 Å². The minimum absolute atomic E-state index is 0.154. The summed E-state index contributed by atoms with van der Waals surface area (Å²) in [5.41, 5.74) is 0. The maximum atomic E-state index is 11.1. The average molecular weight is 230 g/mol. The van der Waals surface area contributed by atoms with Crippen molar-refractivity contribution in [3.05, 3.63) is 0 Å². The van der Waals surface area contributed by atoms with E-state index in [2.05, 4.69) is 22.4 Å². The summed E-state index contributed by atoms with van der Waals surface area (Å²) in [5, 5.41) is 6.93. The van der Waals surface area contributed by atoms with Gasteiger partial charge in [0.25, 0.3) is 0 Å². The highest BCUT2D eigenvalue weighted by Crippen LogP contribution is 2.24. The summed E-state index contributed by atoms with van der Waals surface area (Å²) in [6, 6.07) is 0. The maximum absolute atomic E-state index is 11.1. The third kappa shape index (κ3) is 6.05. The Balaban J connectivity index is 1.93. The number of carbonyl (C=O) groups is 1. The van der Waals surface area contributed by atoms with Gasteiger partial charge in [0.05, 0.1) is 0 Å². The Labute approximate surface area is 96.8 Å². The summed E-state index contributed by atoms with van der Waals surface area (Å²) in [6.45, 7) is 4.55. The Kier molecular flexibility index (Phi) is 6.85. The zero-order valence-electron chi connectivity index (χ0n) is 9.55. The van der Waals surface area contributed by atoms with Crippen LogP contribution in [0.5, 0.6) is 0 Å². The predicted octanol–water partition coefficient (Wildman–Crippen LogP) is 1.39. The molecule has 0 spiro atoms. The molecule has 0 aromatic carbocycles. The van der Waals surface area contributed by atoms with Crippen molar-refractivity contribution in [3.63, 3.8) is 0 Å². The van der Waals surface area contributed by atoms with Crippen LogP contribution in [0.25, 0.3) is 0 Å². The second kappa shape index (κ2) is 7.99. The van der Waals surface area contributed by atoms with Gasteiger partial charge in [0.2, 0.25) is 5.91 Å². The molecule has 4 heteroatoms. The number of hydrogen-bond donors (Lipinski definition) is 2. The van der Waals surface area contributed by atoms with Crippen molar-refractivity contribution in [3.8, 4) is 0 Å². The third-order valence-electron chi connectivity index (χ3n) is 2.55. The fraction of sp³-hybridized carbons (Fsp3) is 0.909. The zero-order valence-corrected chi connectivity index (χ0v) is 10.4. The first-order chi connectivity index (χ1) is 7.33. The topological polar surface area (TPSA) is 41.1 Å². The van der Waals surface area contributed by atoms with Gasteiger partial charge in [0.15, 0.2) is 0 Å². The maximum Gasteiger partial charge on any atom is 0.221 e. The van der Waals surface area contributed by atoms with E-state index in [-0.39, 0.29) is 5.91 Å². The Morgan fingerprint density at radius 2 is 2.33 bits per heavy atom. The lowest BCUT2D eigenvalue weighted by atomic mass is 10.2. The van der Waals surface area contributed by atoms with E-state index in [1.807, 2.05) is 6.92 Å². The molecular formula is C11H22N2OS. The van der Waals surface area contributed by atoms with Crippen LogP contribution >= 0.6 is 11.8 Å². The van der Waals surface area contributed by atoms with E-state index < -0.39 is 0 Å². The molecule has 0 saturated carbocycles. The van der Waals surface area contributed by atoms with Crippen LogP contribution in [0.1, 0.15) is 32.6 Å². The number of rotatable bonds is 6. The van der Waals surface area contributed by atoms with E-state index in [9.17, 15) is 4.79 Å². The molecule has 1 heterocycles. The molecule has 3 nitrogen and oxygen atoms in total. The summed E-state index contributed by atoms with van der Waals surface area (Å²) in [6.07, 6.45) is 4.68. The molecule has 1 amide bonds. The number of nitrogens with one attached hydrogen (secondary N) is 2. The van der Waals surface area contributed by atoms with E-state index >= 15 is 0 Å². The highest BCUT2D eigenvalue weighted by atomic mass is 32.2. The summed E-state index contributed by atoms with van der Waals surface area (Å²) in [4.78, 5) is 11.1. The first-order valence-electron chi connectivity index (χ1n) is 5.92. The highest BCUT2D eigenvalue weighted by Gasteiger charge is 2.12. The molecule has 1 aliphatic rings. The largest absolute Gasteiger partial charge is 0.356 e. The molecule has 1 atom stereocenters. The van der Waals surface area contributed by atoms with E-state index in [1.165, 1.54) is 25.0 Å². The molecule has 1 unspecified atom stereocenters. The van der Waals surface area contributed by atoms with Crippen LogP contribution in [0.15, 0.2) is 0 Å².